The van der Waals surface area contributed by atoms with E-state index in [1.54, 1.807) is 20.3 Å². The molecule has 0 aromatic heterocycles. The zero-order chi connectivity index (χ0) is 16.3. The zero-order valence-corrected chi connectivity index (χ0v) is 13.7. The average molecular weight is 307 g/mol. The molecule has 0 amide bonds. The summed E-state index contributed by atoms with van der Waals surface area (Å²) in [6, 6.07) is 6.64. The molecule has 1 heterocycles. The molecule has 2 unspecified atom stereocenters. The lowest BCUT2D eigenvalue weighted by Gasteiger charge is -2.45. The standard InChI is InChI=1S/C17H25NO4/c1-17(2)11-18(9-8-14(17)22-4)15(16(19)20)12-6-5-7-13(10-12)21-3/h5-7,10,14-15H,8-9,11H2,1-4H3,(H,19,20). The smallest absolute Gasteiger partial charge is 0.325 e. The Labute approximate surface area is 131 Å². The molecule has 1 aromatic carbocycles. The molecule has 2 atom stereocenters. The minimum Gasteiger partial charge on any atom is -0.497 e. The van der Waals surface area contributed by atoms with Gasteiger partial charge in [-0.2, -0.15) is 0 Å². The van der Waals surface area contributed by atoms with Crippen molar-refractivity contribution >= 4 is 5.97 Å². The molecule has 0 radical (unpaired) electrons. The number of benzene rings is 1. The third-order valence-electron chi connectivity index (χ3n) is 4.45. The van der Waals surface area contributed by atoms with Gasteiger partial charge in [0.05, 0.1) is 13.2 Å². The lowest BCUT2D eigenvalue weighted by atomic mass is 9.80. The van der Waals surface area contributed by atoms with Crippen molar-refractivity contribution in [1.82, 2.24) is 4.90 Å². The fraction of sp³-hybridized carbons (Fsp3) is 0.588. The largest absolute Gasteiger partial charge is 0.497 e. The number of likely N-dealkylation sites (tertiary alicyclic amines) is 1. The SMILES string of the molecule is COc1cccc(C(C(=O)O)N2CCC(OC)C(C)(C)C2)c1. The van der Waals surface area contributed by atoms with Crippen LogP contribution in [0.1, 0.15) is 31.9 Å². The maximum atomic E-state index is 11.8. The van der Waals surface area contributed by atoms with Crippen molar-refractivity contribution < 1.29 is 19.4 Å². The van der Waals surface area contributed by atoms with Gasteiger partial charge in [-0.25, -0.2) is 0 Å². The first kappa shape index (κ1) is 16.8. The minimum atomic E-state index is -0.833. The van der Waals surface area contributed by atoms with Crippen LogP contribution < -0.4 is 4.74 Å². The highest BCUT2D eigenvalue weighted by molar-refractivity contribution is 5.75. The van der Waals surface area contributed by atoms with Gasteiger partial charge in [-0.3, -0.25) is 9.69 Å². The molecule has 22 heavy (non-hydrogen) atoms. The molecule has 5 nitrogen and oxygen atoms in total. The molecular weight excluding hydrogens is 282 g/mol. The third kappa shape index (κ3) is 3.42. The van der Waals surface area contributed by atoms with Gasteiger partial charge in [-0.1, -0.05) is 26.0 Å². The molecule has 1 saturated heterocycles. The Morgan fingerprint density at radius 1 is 1.41 bits per heavy atom. The molecular formula is C17H25NO4. The molecule has 1 aliphatic rings. The van der Waals surface area contributed by atoms with Crippen LogP contribution in [0, 0.1) is 5.41 Å². The average Bonchev–Trinajstić information content (AvgIpc) is 2.46. The van der Waals surface area contributed by atoms with Crippen molar-refractivity contribution in [3.8, 4) is 5.75 Å². The highest BCUT2D eigenvalue weighted by Crippen LogP contribution is 2.36. The van der Waals surface area contributed by atoms with E-state index in [1.165, 1.54) is 0 Å². The fourth-order valence-electron chi connectivity index (χ4n) is 3.36. The van der Waals surface area contributed by atoms with Crippen LogP contribution in [0.5, 0.6) is 5.75 Å². The van der Waals surface area contributed by atoms with Gasteiger partial charge in [0, 0.05) is 25.6 Å². The number of piperidine rings is 1. The second kappa shape index (κ2) is 6.67. The highest BCUT2D eigenvalue weighted by atomic mass is 16.5. The first-order chi connectivity index (χ1) is 10.4. The maximum absolute atomic E-state index is 11.8. The fourth-order valence-corrected chi connectivity index (χ4v) is 3.36. The summed E-state index contributed by atoms with van der Waals surface area (Å²) >= 11 is 0. The summed E-state index contributed by atoms with van der Waals surface area (Å²) in [5.74, 6) is -0.158. The van der Waals surface area contributed by atoms with Crippen LogP contribution in [0.4, 0.5) is 0 Å². The normalized spacial score (nSPS) is 23.0. The number of carboxylic acid groups (broad SMARTS) is 1. The summed E-state index contributed by atoms with van der Waals surface area (Å²) in [5.41, 5.74) is 0.665. The first-order valence-electron chi connectivity index (χ1n) is 7.52. The number of rotatable bonds is 5. The molecule has 0 bridgehead atoms. The lowest BCUT2D eigenvalue weighted by molar-refractivity contribution is -0.147. The molecule has 0 spiro atoms. The van der Waals surface area contributed by atoms with E-state index >= 15 is 0 Å². The van der Waals surface area contributed by atoms with E-state index in [-0.39, 0.29) is 11.5 Å². The molecule has 1 fully saturated rings. The maximum Gasteiger partial charge on any atom is 0.325 e. The van der Waals surface area contributed by atoms with Gasteiger partial charge >= 0.3 is 5.97 Å². The molecule has 122 valence electrons. The van der Waals surface area contributed by atoms with E-state index < -0.39 is 12.0 Å². The Hall–Kier alpha value is -1.59. The summed E-state index contributed by atoms with van der Waals surface area (Å²) in [4.78, 5) is 13.9. The Morgan fingerprint density at radius 3 is 2.68 bits per heavy atom. The summed E-state index contributed by atoms with van der Waals surface area (Å²) in [7, 11) is 3.31. The molecule has 1 aliphatic heterocycles. The van der Waals surface area contributed by atoms with Crippen molar-refractivity contribution in [3.63, 3.8) is 0 Å². The Morgan fingerprint density at radius 2 is 2.14 bits per heavy atom. The molecule has 1 aromatic rings. The second-order valence-corrected chi connectivity index (χ2v) is 6.49. The van der Waals surface area contributed by atoms with Gasteiger partial charge in [0.25, 0.3) is 0 Å². The number of hydrogen-bond donors (Lipinski definition) is 1. The summed E-state index contributed by atoms with van der Waals surface area (Å²) in [6.45, 7) is 5.63. The van der Waals surface area contributed by atoms with Gasteiger partial charge < -0.3 is 14.6 Å². The van der Waals surface area contributed by atoms with Gasteiger partial charge in [0.1, 0.15) is 11.8 Å². The van der Waals surface area contributed by atoms with Gasteiger partial charge in [-0.15, -0.1) is 0 Å². The second-order valence-electron chi connectivity index (χ2n) is 6.49. The Balaban J connectivity index is 2.27. The van der Waals surface area contributed by atoms with Crippen molar-refractivity contribution in [2.75, 3.05) is 27.3 Å². The summed E-state index contributed by atoms with van der Waals surface area (Å²) in [5, 5.41) is 9.72. The number of carboxylic acids is 1. The van der Waals surface area contributed by atoms with Crippen molar-refractivity contribution in [2.45, 2.75) is 32.4 Å². The molecule has 5 heteroatoms. The van der Waals surface area contributed by atoms with Gasteiger partial charge in [0.2, 0.25) is 0 Å². The van der Waals surface area contributed by atoms with Crippen LogP contribution in [0.25, 0.3) is 0 Å². The zero-order valence-electron chi connectivity index (χ0n) is 13.7. The first-order valence-corrected chi connectivity index (χ1v) is 7.52. The number of aliphatic carboxylic acids is 1. The van der Waals surface area contributed by atoms with E-state index in [9.17, 15) is 9.90 Å². The number of nitrogens with zero attached hydrogens (tertiary/aromatic N) is 1. The van der Waals surface area contributed by atoms with Crippen LogP contribution in [-0.2, 0) is 9.53 Å². The van der Waals surface area contributed by atoms with Crippen molar-refractivity contribution in [3.05, 3.63) is 29.8 Å². The van der Waals surface area contributed by atoms with Gasteiger partial charge in [0.15, 0.2) is 0 Å². The number of carbonyl (C=O) groups is 1. The monoisotopic (exact) mass is 307 g/mol. The number of methoxy groups -OCH3 is 2. The van der Waals surface area contributed by atoms with Crippen molar-refractivity contribution in [1.29, 1.82) is 0 Å². The van der Waals surface area contributed by atoms with Crippen molar-refractivity contribution in [2.24, 2.45) is 5.41 Å². The van der Waals surface area contributed by atoms with Crippen LogP contribution in [0.3, 0.4) is 0 Å². The van der Waals surface area contributed by atoms with Crippen LogP contribution in [-0.4, -0.2) is 49.4 Å². The van der Waals surface area contributed by atoms with E-state index in [2.05, 4.69) is 13.8 Å². The van der Waals surface area contributed by atoms with Crippen LogP contribution in [0.2, 0.25) is 0 Å². The topological polar surface area (TPSA) is 59.0 Å². The van der Waals surface area contributed by atoms with Gasteiger partial charge in [-0.05, 0) is 24.1 Å². The van der Waals surface area contributed by atoms with E-state index in [0.717, 1.165) is 12.0 Å². The number of ether oxygens (including phenoxy) is 2. The lowest BCUT2D eigenvalue weighted by Crippen LogP contribution is -2.51. The summed E-state index contributed by atoms with van der Waals surface area (Å²) < 4.78 is 10.8. The quantitative estimate of drug-likeness (QED) is 0.906. The molecule has 1 N–H and O–H groups in total. The van der Waals surface area contributed by atoms with E-state index in [4.69, 9.17) is 9.47 Å². The predicted molar refractivity (Wildman–Crippen MR) is 84.1 cm³/mol. The minimum absolute atomic E-state index is 0.0838. The van der Waals surface area contributed by atoms with Crippen LogP contribution in [0.15, 0.2) is 24.3 Å². The third-order valence-corrected chi connectivity index (χ3v) is 4.45. The van der Waals surface area contributed by atoms with E-state index in [1.807, 2.05) is 23.1 Å². The number of hydrogen-bond acceptors (Lipinski definition) is 4. The Kier molecular flexibility index (Phi) is 5.08. The highest BCUT2D eigenvalue weighted by Gasteiger charge is 2.40. The van der Waals surface area contributed by atoms with Crippen LogP contribution >= 0.6 is 0 Å². The van der Waals surface area contributed by atoms with E-state index in [0.29, 0.717) is 18.8 Å². The molecule has 0 saturated carbocycles. The Bertz CT molecular complexity index is 529. The summed E-state index contributed by atoms with van der Waals surface area (Å²) in [6.07, 6.45) is 0.987. The molecule has 2 rings (SSSR count). The predicted octanol–water partition coefficient (Wildman–Crippen LogP) is 2.57. The molecule has 0 aliphatic carbocycles.